The van der Waals surface area contributed by atoms with Crippen molar-refractivity contribution >= 4 is 11.9 Å². The zero-order valence-electron chi connectivity index (χ0n) is 13.3. The average Bonchev–Trinajstić information content (AvgIpc) is 2.45. The van der Waals surface area contributed by atoms with Gasteiger partial charge in [-0.1, -0.05) is 44.2 Å². The van der Waals surface area contributed by atoms with Gasteiger partial charge in [0, 0.05) is 0 Å². The van der Waals surface area contributed by atoms with Gasteiger partial charge >= 0.3 is 11.9 Å². The third-order valence-corrected chi connectivity index (χ3v) is 2.97. The van der Waals surface area contributed by atoms with E-state index in [1.807, 2.05) is 44.2 Å². The molecule has 0 unspecified atom stereocenters. The Morgan fingerprint density at radius 1 is 1.14 bits per heavy atom. The van der Waals surface area contributed by atoms with Crippen LogP contribution in [-0.2, 0) is 16.0 Å². The van der Waals surface area contributed by atoms with Gasteiger partial charge in [-0.2, -0.15) is 0 Å². The second-order valence-electron chi connectivity index (χ2n) is 5.44. The van der Waals surface area contributed by atoms with Crippen LogP contribution < -0.4 is 11.1 Å². The predicted octanol–water partition coefficient (Wildman–Crippen LogP) is 1.35. The molecule has 0 saturated carbocycles. The molecule has 0 amide bonds. The molecule has 0 bridgehead atoms. The fourth-order valence-corrected chi connectivity index (χ4v) is 1.77. The molecule has 1 aromatic rings. The van der Waals surface area contributed by atoms with Crippen LogP contribution in [0.1, 0.15) is 25.8 Å². The zero-order valence-corrected chi connectivity index (χ0v) is 13.3. The molecule has 0 spiro atoms. The van der Waals surface area contributed by atoms with Crippen LogP contribution in [-0.4, -0.2) is 41.3 Å². The van der Waals surface area contributed by atoms with E-state index >= 15 is 0 Å². The molecule has 0 aliphatic heterocycles. The number of hydrogen-bond donors (Lipinski definition) is 4. The molecule has 124 valence electrons. The second-order valence-corrected chi connectivity index (χ2v) is 5.44. The van der Waals surface area contributed by atoms with Crippen molar-refractivity contribution in [2.45, 2.75) is 38.8 Å². The molecule has 6 nitrogen and oxygen atoms in total. The van der Waals surface area contributed by atoms with Crippen LogP contribution >= 0.6 is 0 Å². The minimum absolute atomic E-state index is 0.357. The Kier molecular flexibility index (Phi) is 9.82. The lowest BCUT2D eigenvalue weighted by molar-refractivity contribution is -0.140. The number of carboxylic acids is 2. The summed E-state index contributed by atoms with van der Waals surface area (Å²) >= 11 is 0. The summed E-state index contributed by atoms with van der Waals surface area (Å²) in [7, 11) is 1.65. The summed E-state index contributed by atoms with van der Waals surface area (Å²) < 4.78 is 0. The summed E-state index contributed by atoms with van der Waals surface area (Å²) in [6.07, 6.45) is 1.07. The Balaban J connectivity index is 0.000000433. The van der Waals surface area contributed by atoms with Crippen molar-refractivity contribution in [3.05, 3.63) is 35.9 Å². The Hall–Kier alpha value is -1.92. The Labute approximate surface area is 131 Å². The highest BCUT2D eigenvalue weighted by Gasteiger charge is 2.14. The monoisotopic (exact) mass is 310 g/mol. The van der Waals surface area contributed by atoms with Gasteiger partial charge in [0.15, 0.2) is 0 Å². The molecule has 0 saturated heterocycles. The summed E-state index contributed by atoms with van der Waals surface area (Å²) in [5.41, 5.74) is 6.25. The lowest BCUT2D eigenvalue weighted by Gasteiger charge is -2.10. The second kappa shape index (κ2) is 10.8. The first kappa shape index (κ1) is 20.1. The van der Waals surface area contributed by atoms with Crippen LogP contribution in [0.5, 0.6) is 0 Å². The van der Waals surface area contributed by atoms with Crippen LogP contribution in [0.25, 0.3) is 0 Å². The number of benzene rings is 1. The van der Waals surface area contributed by atoms with Crippen LogP contribution in [0, 0.1) is 5.92 Å². The third kappa shape index (κ3) is 9.10. The highest BCUT2D eigenvalue weighted by atomic mass is 16.4. The van der Waals surface area contributed by atoms with Crippen molar-refractivity contribution < 1.29 is 19.8 Å². The Morgan fingerprint density at radius 3 is 2.00 bits per heavy atom. The van der Waals surface area contributed by atoms with E-state index in [1.165, 1.54) is 0 Å². The predicted molar refractivity (Wildman–Crippen MR) is 85.7 cm³/mol. The van der Waals surface area contributed by atoms with E-state index < -0.39 is 24.0 Å². The molecule has 0 aromatic heterocycles. The maximum Gasteiger partial charge on any atom is 0.321 e. The van der Waals surface area contributed by atoms with E-state index in [2.05, 4.69) is 5.32 Å². The fourth-order valence-electron chi connectivity index (χ4n) is 1.77. The molecule has 6 heteroatoms. The van der Waals surface area contributed by atoms with Gasteiger partial charge in [-0.3, -0.25) is 9.59 Å². The first-order valence-electron chi connectivity index (χ1n) is 7.20. The maximum absolute atomic E-state index is 10.7. The van der Waals surface area contributed by atoms with Gasteiger partial charge in [-0.05, 0) is 31.4 Å². The standard InChI is InChI=1S/C10H13NO2.C6H13NO2/c1-11-9(10(12)13)7-8-5-3-2-4-6-8;1-4(2)3-5(7)6(8)9/h2-6,9,11H,7H2,1H3,(H,12,13);4-5H,3,7H2,1-2H3,(H,8,9)/t9-;5-/m00/s1. The number of rotatable bonds is 7. The van der Waals surface area contributed by atoms with E-state index in [9.17, 15) is 9.59 Å². The van der Waals surface area contributed by atoms with Crippen LogP contribution in [0.3, 0.4) is 0 Å². The molecule has 0 fully saturated rings. The first-order chi connectivity index (χ1) is 10.3. The third-order valence-electron chi connectivity index (χ3n) is 2.97. The summed E-state index contributed by atoms with van der Waals surface area (Å²) in [6.45, 7) is 3.89. The van der Waals surface area contributed by atoms with Crippen molar-refractivity contribution in [3.63, 3.8) is 0 Å². The van der Waals surface area contributed by atoms with Crippen molar-refractivity contribution in [1.29, 1.82) is 0 Å². The highest BCUT2D eigenvalue weighted by molar-refractivity contribution is 5.73. The number of likely N-dealkylation sites (N-methyl/N-ethyl adjacent to an activating group) is 1. The van der Waals surface area contributed by atoms with E-state index in [0.29, 0.717) is 18.8 Å². The van der Waals surface area contributed by atoms with Crippen LogP contribution in [0.2, 0.25) is 0 Å². The minimum atomic E-state index is -0.913. The van der Waals surface area contributed by atoms with E-state index in [-0.39, 0.29) is 0 Å². The molecule has 1 aromatic carbocycles. The molecular weight excluding hydrogens is 284 g/mol. The largest absolute Gasteiger partial charge is 0.480 e. The number of aliphatic carboxylic acids is 2. The topological polar surface area (TPSA) is 113 Å². The highest BCUT2D eigenvalue weighted by Crippen LogP contribution is 2.03. The fraction of sp³-hybridized carbons (Fsp3) is 0.500. The van der Waals surface area contributed by atoms with Gasteiger partial charge in [-0.15, -0.1) is 0 Å². The smallest absolute Gasteiger partial charge is 0.321 e. The lowest BCUT2D eigenvalue weighted by Crippen LogP contribution is -2.35. The number of carbonyl (C=O) groups is 2. The SMILES string of the molecule is CC(C)C[C@H](N)C(=O)O.CN[C@@H](Cc1ccccc1)C(=O)O. The molecular formula is C16H26N2O4. The maximum atomic E-state index is 10.7. The van der Waals surface area contributed by atoms with Gasteiger partial charge in [-0.25, -0.2) is 0 Å². The summed E-state index contributed by atoms with van der Waals surface area (Å²) in [5, 5.41) is 19.8. The van der Waals surface area contributed by atoms with Crippen molar-refractivity contribution in [2.24, 2.45) is 11.7 Å². The lowest BCUT2D eigenvalue weighted by atomic mass is 10.1. The summed E-state index contributed by atoms with van der Waals surface area (Å²) in [6, 6.07) is 8.39. The van der Waals surface area contributed by atoms with Crippen molar-refractivity contribution in [1.82, 2.24) is 5.32 Å². The molecule has 0 radical (unpaired) electrons. The van der Waals surface area contributed by atoms with Crippen LogP contribution in [0.15, 0.2) is 30.3 Å². The van der Waals surface area contributed by atoms with E-state index in [4.69, 9.17) is 15.9 Å². The number of nitrogens with two attached hydrogens (primary N) is 1. The van der Waals surface area contributed by atoms with E-state index in [1.54, 1.807) is 7.05 Å². The number of carboxylic acid groups (broad SMARTS) is 2. The zero-order chi connectivity index (χ0) is 17.1. The van der Waals surface area contributed by atoms with Gasteiger partial charge in [0.05, 0.1) is 0 Å². The molecule has 0 heterocycles. The summed E-state index contributed by atoms with van der Waals surface area (Å²) in [5.74, 6) is -1.37. The van der Waals surface area contributed by atoms with E-state index in [0.717, 1.165) is 5.56 Å². The molecule has 5 N–H and O–H groups in total. The Bertz CT molecular complexity index is 449. The molecule has 22 heavy (non-hydrogen) atoms. The first-order valence-corrected chi connectivity index (χ1v) is 7.20. The van der Waals surface area contributed by atoms with Crippen molar-refractivity contribution in [3.8, 4) is 0 Å². The van der Waals surface area contributed by atoms with Crippen LogP contribution in [0.4, 0.5) is 0 Å². The number of nitrogens with one attached hydrogen (secondary N) is 1. The molecule has 2 atom stereocenters. The summed E-state index contributed by atoms with van der Waals surface area (Å²) in [4.78, 5) is 20.8. The molecule has 0 aliphatic carbocycles. The number of hydrogen-bond acceptors (Lipinski definition) is 4. The van der Waals surface area contributed by atoms with Crippen molar-refractivity contribution in [2.75, 3.05) is 7.05 Å². The van der Waals surface area contributed by atoms with Gasteiger partial charge in [0.25, 0.3) is 0 Å². The molecule has 1 rings (SSSR count). The normalized spacial score (nSPS) is 13.0. The van der Waals surface area contributed by atoms with Gasteiger partial charge in [0.2, 0.25) is 0 Å². The average molecular weight is 310 g/mol. The quantitative estimate of drug-likeness (QED) is 0.604. The minimum Gasteiger partial charge on any atom is -0.480 e. The van der Waals surface area contributed by atoms with Gasteiger partial charge < -0.3 is 21.3 Å². The molecule has 0 aliphatic rings. The van der Waals surface area contributed by atoms with Gasteiger partial charge in [0.1, 0.15) is 12.1 Å². The Morgan fingerprint density at radius 2 is 1.68 bits per heavy atom.